The first-order valence-electron chi connectivity index (χ1n) is 9.51. The molecule has 1 aliphatic heterocycles. The molecular formula is C22H24N4O2S. The van der Waals surface area contributed by atoms with Crippen molar-refractivity contribution in [1.82, 2.24) is 19.8 Å². The van der Waals surface area contributed by atoms with E-state index in [-0.39, 0.29) is 12.1 Å². The molecule has 0 radical (unpaired) electrons. The van der Waals surface area contributed by atoms with Crippen LogP contribution in [-0.2, 0) is 4.74 Å². The lowest BCUT2D eigenvalue weighted by Crippen LogP contribution is -2.33. The van der Waals surface area contributed by atoms with Gasteiger partial charge < -0.3 is 24.3 Å². The van der Waals surface area contributed by atoms with E-state index >= 15 is 0 Å². The van der Waals surface area contributed by atoms with Crippen LogP contribution in [0.5, 0.6) is 5.75 Å². The van der Waals surface area contributed by atoms with Crippen LogP contribution in [0.3, 0.4) is 0 Å². The molecule has 0 bridgehead atoms. The van der Waals surface area contributed by atoms with Crippen LogP contribution in [-0.4, -0.2) is 46.9 Å². The number of nitrogens with one attached hydrogen (secondary N) is 1. The van der Waals surface area contributed by atoms with Crippen molar-refractivity contribution in [2.24, 2.45) is 0 Å². The molecule has 150 valence electrons. The van der Waals surface area contributed by atoms with Crippen molar-refractivity contribution in [2.75, 3.05) is 27.4 Å². The van der Waals surface area contributed by atoms with E-state index in [1.54, 1.807) is 14.2 Å². The Bertz CT molecular complexity index is 976. The monoisotopic (exact) mass is 408 g/mol. The maximum atomic E-state index is 5.68. The van der Waals surface area contributed by atoms with E-state index in [9.17, 15) is 0 Å². The molecule has 2 aromatic heterocycles. The molecule has 1 fully saturated rings. The molecule has 0 amide bonds. The third-order valence-electron chi connectivity index (χ3n) is 5.15. The second-order valence-electron chi connectivity index (χ2n) is 6.82. The predicted molar refractivity (Wildman–Crippen MR) is 116 cm³/mol. The van der Waals surface area contributed by atoms with Gasteiger partial charge in [0.2, 0.25) is 0 Å². The highest BCUT2D eigenvalue weighted by Crippen LogP contribution is 2.39. The Hall–Kier alpha value is -2.90. The smallest absolute Gasteiger partial charge is 0.170 e. The standard InChI is InChI=1S/C22H24N4O2S/c1-27-14-13-26-21(20(24-22(26)29)18-9-3-4-11-23-18)19-10-6-12-25(19)16-7-5-8-17(15-16)28-2/h3-12,15,20-21H,13-14H2,1-2H3,(H,24,29). The number of pyridine rings is 1. The van der Waals surface area contributed by atoms with E-state index in [0.29, 0.717) is 18.3 Å². The van der Waals surface area contributed by atoms with Crippen LogP contribution in [0.2, 0.25) is 0 Å². The highest BCUT2D eigenvalue weighted by atomic mass is 32.1. The van der Waals surface area contributed by atoms with E-state index in [4.69, 9.17) is 21.7 Å². The lowest BCUT2D eigenvalue weighted by Gasteiger charge is -2.28. The van der Waals surface area contributed by atoms with Gasteiger partial charge in [-0.15, -0.1) is 0 Å². The van der Waals surface area contributed by atoms with Gasteiger partial charge in [0, 0.05) is 43.5 Å². The van der Waals surface area contributed by atoms with Gasteiger partial charge in [-0.1, -0.05) is 12.1 Å². The number of nitrogens with zero attached hydrogens (tertiary/aromatic N) is 3. The SMILES string of the molecule is COCCN1C(=S)NC(c2ccccn2)C1c1cccn1-c1cccc(OC)c1. The summed E-state index contributed by atoms with van der Waals surface area (Å²) in [5.41, 5.74) is 3.11. The lowest BCUT2D eigenvalue weighted by molar-refractivity contribution is 0.163. The molecule has 29 heavy (non-hydrogen) atoms. The molecule has 1 saturated heterocycles. The van der Waals surface area contributed by atoms with E-state index in [0.717, 1.165) is 22.8 Å². The first-order chi connectivity index (χ1) is 14.2. The van der Waals surface area contributed by atoms with Gasteiger partial charge in [-0.2, -0.15) is 0 Å². The molecule has 4 rings (SSSR count). The molecule has 0 spiro atoms. The number of methoxy groups -OCH3 is 2. The quantitative estimate of drug-likeness (QED) is 0.604. The fourth-order valence-electron chi connectivity index (χ4n) is 3.79. The van der Waals surface area contributed by atoms with Gasteiger partial charge in [0.1, 0.15) is 5.75 Å². The second kappa shape index (κ2) is 8.63. The molecule has 7 heteroatoms. The molecule has 1 aromatic carbocycles. The predicted octanol–water partition coefficient (Wildman–Crippen LogP) is 3.50. The van der Waals surface area contributed by atoms with Crippen molar-refractivity contribution in [3.8, 4) is 11.4 Å². The summed E-state index contributed by atoms with van der Waals surface area (Å²) in [4.78, 5) is 6.78. The number of benzene rings is 1. The normalized spacial score (nSPS) is 18.7. The average molecular weight is 409 g/mol. The maximum Gasteiger partial charge on any atom is 0.170 e. The molecule has 6 nitrogen and oxygen atoms in total. The van der Waals surface area contributed by atoms with Crippen molar-refractivity contribution in [3.63, 3.8) is 0 Å². The summed E-state index contributed by atoms with van der Waals surface area (Å²) in [5, 5.41) is 4.18. The summed E-state index contributed by atoms with van der Waals surface area (Å²) in [7, 11) is 3.38. The number of hydrogen-bond donors (Lipinski definition) is 1. The summed E-state index contributed by atoms with van der Waals surface area (Å²) in [5.74, 6) is 0.819. The van der Waals surface area contributed by atoms with Crippen LogP contribution in [0, 0.1) is 0 Å². The summed E-state index contributed by atoms with van der Waals surface area (Å²) in [6.07, 6.45) is 3.88. The van der Waals surface area contributed by atoms with Crippen LogP contribution < -0.4 is 10.1 Å². The summed E-state index contributed by atoms with van der Waals surface area (Å²) >= 11 is 5.68. The molecule has 2 atom stereocenters. The molecule has 0 saturated carbocycles. The number of ether oxygens (including phenoxy) is 2. The topological polar surface area (TPSA) is 51.5 Å². The zero-order valence-corrected chi connectivity index (χ0v) is 17.3. The number of hydrogen-bond acceptors (Lipinski definition) is 4. The van der Waals surface area contributed by atoms with Gasteiger partial charge in [-0.25, -0.2) is 0 Å². The number of thiocarbonyl (C=S) groups is 1. The highest BCUT2D eigenvalue weighted by molar-refractivity contribution is 7.80. The van der Waals surface area contributed by atoms with Crippen molar-refractivity contribution in [3.05, 3.63) is 78.4 Å². The number of aromatic nitrogens is 2. The largest absolute Gasteiger partial charge is 0.497 e. The summed E-state index contributed by atoms with van der Waals surface area (Å²) in [6.45, 7) is 1.28. The van der Waals surface area contributed by atoms with E-state index in [1.807, 2.05) is 42.6 Å². The van der Waals surface area contributed by atoms with Crippen molar-refractivity contribution in [1.29, 1.82) is 0 Å². The Morgan fingerprint density at radius 3 is 2.76 bits per heavy atom. The first kappa shape index (κ1) is 19.4. The van der Waals surface area contributed by atoms with Crippen LogP contribution in [0.15, 0.2) is 67.0 Å². The van der Waals surface area contributed by atoms with Gasteiger partial charge in [0.25, 0.3) is 0 Å². The molecule has 3 heterocycles. The third kappa shape index (κ3) is 3.83. The van der Waals surface area contributed by atoms with Crippen molar-refractivity contribution in [2.45, 2.75) is 12.1 Å². The van der Waals surface area contributed by atoms with Crippen molar-refractivity contribution < 1.29 is 9.47 Å². The molecule has 2 unspecified atom stereocenters. The Balaban J connectivity index is 1.78. The Morgan fingerprint density at radius 1 is 1.10 bits per heavy atom. The fraction of sp³-hybridized carbons (Fsp3) is 0.273. The minimum atomic E-state index is -0.0557. The fourth-order valence-corrected chi connectivity index (χ4v) is 4.12. The molecule has 3 aromatic rings. The zero-order chi connectivity index (χ0) is 20.2. The average Bonchev–Trinajstić information content (AvgIpc) is 3.37. The van der Waals surface area contributed by atoms with Gasteiger partial charge in [-0.3, -0.25) is 4.98 Å². The first-order valence-corrected chi connectivity index (χ1v) is 9.92. The van der Waals surface area contributed by atoms with Gasteiger partial charge in [-0.05, 0) is 48.6 Å². The van der Waals surface area contributed by atoms with Gasteiger partial charge in [0.15, 0.2) is 5.11 Å². The Kier molecular flexibility index (Phi) is 5.78. The van der Waals surface area contributed by atoms with Crippen LogP contribution >= 0.6 is 12.2 Å². The minimum Gasteiger partial charge on any atom is -0.497 e. The minimum absolute atomic E-state index is 0.0197. The third-order valence-corrected chi connectivity index (χ3v) is 5.50. The van der Waals surface area contributed by atoms with Gasteiger partial charge in [0.05, 0.1) is 31.5 Å². The highest BCUT2D eigenvalue weighted by Gasteiger charge is 2.41. The van der Waals surface area contributed by atoms with Crippen LogP contribution in [0.4, 0.5) is 0 Å². The van der Waals surface area contributed by atoms with E-state index in [2.05, 4.69) is 44.2 Å². The Morgan fingerprint density at radius 2 is 2.00 bits per heavy atom. The van der Waals surface area contributed by atoms with Gasteiger partial charge >= 0.3 is 0 Å². The second-order valence-corrected chi connectivity index (χ2v) is 7.20. The molecular weight excluding hydrogens is 384 g/mol. The zero-order valence-electron chi connectivity index (χ0n) is 16.5. The summed E-state index contributed by atoms with van der Waals surface area (Å²) in [6, 6.07) is 18.1. The summed E-state index contributed by atoms with van der Waals surface area (Å²) < 4.78 is 12.9. The van der Waals surface area contributed by atoms with Crippen LogP contribution in [0.1, 0.15) is 23.5 Å². The van der Waals surface area contributed by atoms with Crippen LogP contribution in [0.25, 0.3) is 5.69 Å². The maximum absolute atomic E-state index is 5.68. The van der Waals surface area contributed by atoms with E-state index < -0.39 is 0 Å². The van der Waals surface area contributed by atoms with E-state index in [1.165, 1.54) is 0 Å². The lowest BCUT2D eigenvalue weighted by atomic mass is 10.0. The van der Waals surface area contributed by atoms with Crippen molar-refractivity contribution >= 4 is 17.3 Å². The number of rotatable bonds is 7. The molecule has 1 aliphatic rings. The Labute approximate surface area is 176 Å². The molecule has 1 N–H and O–H groups in total. The molecule has 0 aliphatic carbocycles.